The van der Waals surface area contributed by atoms with E-state index in [-0.39, 0.29) is 0 Å². The van der Waals surface area contributed by atoms with Gasteiger partial charge in [0.1, 0.15) is 0 Å². The summed E-state index contributed by atoms with van der Waals surface area (Å²) in [5.41, 5.74) is 11.2. The quantitative estimate of drug-likeness (QED) is 0.883. The molecule has 0 bridgehead atoms. The molecule has 2 aromatic rings. The second kappa shape index (κ2) is 6.10. The number of hydrogen-bond acceptors (Lipinski definition) is 4. The minimum Gasteiger partial charge on any atom is -0.493 e. The molecule has 114 valence electrons. The minimum absolute atomic E-state index is 0.744. The lowest BCUT2D eigenvalue weighted by atomic mass is 9.93. The molecule has 0 radical (unpaired) electrons. The van der Waals surface area contributed by atoms with E-state index in [9.17, 15) is 0 Å². The van der Waals surface area contributed by atoms with Crippen LogP contribution in [0.25, 0.3) is 0 Å². The summed E-state index contributed by atoms with van der Waals surface area (Å²) in [4.78, 5) is 4.71. The highest BCUT2D eigenvalue weighted by Gasteiger charge is 2.18. The van der Waals surface area contributed by atoms with Crippen molar-refractivity contribution in [2.24, 2.45) is 4.99 Å². The molecular weight excluding hydrogens is 276 g/mol. The lowest BCUT2D eigenvalue weighted by Gasteiger charge is -2.20. The Bertz CT molecular complexity index is 706. The van der Waals surface area contributed by atoms with Gasteiger partial charge in [0, 0.05) is 29.9 Å². The van der Waals surface area contributed by atoms with Crippen LogP contribution in [0, 0.1) is 0 Å². The highest BCUT2D eigenvalue weighted by Crippen LogP contribution is 2.33. The molecule has 2 aromatic carbocycles. The van der Waals surface area contributed by atoms with E-state index in [1.54, 1.807) is 14.2 Å². The van der Waals surface area contributed by atoms with E-state index in [1.165, 1.54) is 11.1 Å². The van der Waals surface area contributed by atoms with Gasteiger partial charge < -0.3 is 15.2 Å². The first kappa shape index (κ1) is 14.4. The van der Waals surface area contributed by atoms with Crippen molar-refractivity contribution < 1.29 is 9.47 Å². The van der Waals surface area contributed by atoms with Crippen molar-refractivity contribution in [3.63, 3.8) is 0 Å². The molecule has 0 unspecified atom stereocenters. The molecular formula is C18H20N2O2. The largest absolute Gasteiger partial charge is 0.493 e. The SMILES string of the molecule is COc1cc2c(cc1OC)C(Cc1ccc(N)cc1)=NCC2. The number of nitrogens with zero attached hydrogens (tertiary/aromatic N) is 1. The van der Waals surface area contributed by atoms with Gasteiger partial charge in [-0.3, -0.25) is 4.99 Å². The third-order valence-corrected chi connectivity index (χ3v) is 3.96. The van der Waals surface area contributed by atoms with Gasteiger partial charge in [0.2, 0.25) is 0 Å². The highest BCUT2D eigenvalue weighted by molar-refractivity contribution is 6.04. The number of rotatable bonds is 4. The molecule has 0 amide bonds. The van der Waals surface area contributed by atoms with E-state index >= 15 is 0 Å². The molecule has 1 aliphatic rings. The molecule has 0 aromatic heterocycles. The first-order chi connectivity index (χ1) is 10.7. The number of nitrogen functional groups attached to an aromatic ring is 1. The third kappa shape index (κ3) is 2.77. The number of aliphatic imine (C=N–C) groups is 1. The zero-order valence-corrected chi connectivity index (χ0v) is 12.9. The summed E-state index contributed by atoms with van der Waals surface area (Å²) in [7, 11) is 3.32. The molecule has 4 nitrogen and oxygen atoms in total. The third-order valence-electron chi connectivity index (χ3n) is 3.96. The number of fused-ring (bicyclic) bond motifs is 1. The molecule has 0 fully saturated rings. The van der Waals surface area contributed by atoms with Crippen LogP contribution in [0.15, 0.2) is 41.4 Å². The lowest BCUT2D eigenvalue weighted by molar-refractivity contribution is 0.354. The Morgan fingerprint density at radius 2 is 1.73 bits per heavy atom. The van der Waals surface area contributed by atoms with E-state index in [4.69, 9.17) is 20.2 Å². The Labute approximate surface area is 130 Å². The van der Waals surface area contributed by atoms with Crippen LogP contribution in [-0.4, -0.2) is 26.5 Å². The van der Waals surface area contributed by atoms with Crippen molar-refractivity contribution in [1.29, 1.82) is 0 Å². The Balaban J connectivity index is 1.95. The lowest BCUT2D eigenvalue weighted by Crippen LogP contribution is -2.16. The van der Waals surface area contributed by atoms with Crippen LogP contribution < -0.4 is 15.2 Å². The topological polar surface area (TPSA) is 56.8 Å². The minimum atomic E-state index is 0.744. The Kier molecular flexibility index (Phi) is 4.00. The van der Waals surface area contributed by atoms with E-state index in [0.29, 0.717) is 0 Å². The molecule has 22 heavy (non-hydrogen) atoms. The zero-order valence-electron chi connectivity index (χ0n) is 12.9. The van der Waals surface area contributed by atoms with Crippen LogP contribution in [0.5, 0.6) is 11.5 Å². The van der Waals surface area contributed by atoms with Gasteiger partial charge >= 0.3 is 0 Å². The van der Waals surface area contributed by atoms with Crippen molar-refractivity contribution in [3.05, 3.63) is 53.1 Å². The summed E-state index contributed by atoms with van der Waals surface area (Å²) in [5, 5.41) is 0. The van der Waals surface area contributed by atoms with Crippen molar-refractivity contribution >= 4 is 11.4 Å². The van der Waals surface area contributed by atoms with Gasteiger partial charge in [-0.15, -0.1) is 0 Å². The Morgan fingerprint density at radius 1 is 1.05 bits per heavy atom. The van der Waals surface area contributed by atoms with E-state index in [2.05, 4.69) is 6.07 Å². The predicted octanol–water partition coefficient (Wildman–Crippen LogP) is 2.87. The fourth-order valence-corrected chi connectivity index (χ4v) is 2.77. The second-order valence-electron chi connectivity index (χ2n) is 5.36. The van der Waals surface area contributed by atoms with Crippen LogP contribution in [0.3, 0.4) is 0 Å². The number of ether oxygens (including phenoxy) is 2. The number of methoxy groups -OCH3 is 2. The summed E-state index contributed by atoms with van der Waals surface area (Å²) in [5.74, 6) is 1.52. The molecule has 0 spiro atoms. The highest BCUT2D eigenvalue weighted by atomic mass is 16.5. The van der Waals surface area contributed by atoms with Gasteiger partial charge in [-0.2, -0.15) is 0 Å². The van der Waals surface area contributed by atoms with Gasteiger partial charge in [0.05, 0.1) is 14.2 Å². The van der Waals surface area contributed by atoms with Crippen LogP contribution >= 0.6 is 0 Å². The predicted molar refractivity (Wildman–Crippen MR) is 89.2 cm³/mol. The molecule has 0 atom stereocenters. The fourth-order valence-electron chi connectivity index (χ4n) is 2.77. The van der Waals surface area contributed by atoms with Crippen molar-refractivity contribution in [3.8, 4) is 11.5 Å². The van der Waals surface area contributed by atoms with Gasteiger partial charge in [-0.25, -0.2) is 0 Å². The monoisotopic (exact) mass is 296 g/mol. The maximum Gasteiger partial charge on any atom is 0.161 e. The zero-order chi connectivity index (χ0) is 15.5. The molecule has 3 rings (SSSR count). The van der Waals surface area contributed by atoms with Gasteiger partial charge in [0.25, 0.3) is 0 Å². The number of hydrogen-bond donors (Lipinski definition) is 1. The molecule has 4 heteroatoms. The summed E-state index contributed by atoms with van der Waals surface area (Å²) < 4.78 is 10.8. The summed E-state index contributed by atoms with van der Waals surface area (Å²) in [6.45, 7) is 0.812. The van der Waals surface area contributed by atoms with Crippen LogP contribution in [0.1, 0.15) is 16.7 Å². The van der Waals surface area contributed by atoms with Crippen LogP contribution in [-0.2, 0) is 12.8 Å². The van der Waals surface area contributed by atoms with Gasteiger partial charge in [-0.1, -0.05) is 12.1 Å². The van der Waals surface area contributed by atoms with E-state index < -0.39 is 0 Å². The van der Waals surface area contributed by atoms with Crippen molar-refractivity contribution in [2.75, 3.05) is 26.5 Å². The number of benzene rings is 2. The van der Waals surface area contributed by atoms with Crippen LogP contribution in [0.2, 0.25) is 0 Å². The summed E-state index contributed by atoms with van der Waals surface area (Å²) >= 11 is 0. The maximum atomic E-state index is 5.75. The molecule has 0 aliphatic carbocycles. The van der Waals surface area contributed by atoms with Gasteiger partial charge in [-0.05, 0) is 41.8 Å². The first-order valence-electron chi connectivity index (χ1n) is 7.34. The standard InChI is InChI=1S/C18H20N2O2/c1-21-17-10-13-7-8-20-16(15(13)11-18(17)22-2)9-12-3-5-14(19)6-4-12/h3-6,10-11H,7-9,19H2,1-2H3. The van der Waals surface area contributed by atoms with E-state index in [0.717, 1.165) is 47.8 Å². The molecule has 0 saturated heterocycles. The van der Waals surface area contributed by atoms with Crippen molar-refractivity contribution in [2.45, 2.75) is 12.8 Å². The normalized spacial score (nSPS) is 13.3. The summed E-state index contributed by atoms with van der Waals surface area (Å²) in [6, 6.07) is 12.0. The molecule has 2 N–H and O–H groups in total. The first-order valence-corrected chi connectivity index (χ1v) is 7.34. The average Bonchev–Trinajstić information content (AvgIpc) is 2.56. The maximum absolute atomic E-state index is 5.75. The second-order valence-corrected chi connectivity index (χ2v) is 5.36. The number of nitrogens with two attached hydrogens (primary N) is 1. The Hall–Kier alpha value is -2.49. The van der Waals surface area contributed by atoms with Crippen LogP contribution in [0.4, 0.5) is 5.69 Å². The van der Waals surface area contributed by atoms with Crippen molar-refractivity contribution in [1.82, 2.24) is 0 Å². The fraction of sp³-hybridized carbons (Fsp3) is 0.278. The summed E-state index contributed by atoms with van der Waals surface area (Å²) in [6.07, 6.45) is 1.73. The number of anilines is 1. The molecule has 1 heterocycles. The van der Waals surface area contributed by atoms with E-state index in [1.807, 2.05) is 30.3 Å². The smallest absolute Gasteiger partial charge is 0.161 e. The van der Waals surface area contributed by atoms with Gasteiger partial charge in [0.15, 0.2) is 11.5 Å². The Morgan fingerprint density at radius 3 is 2.41 bits per heavy atom. The average molecular weight is 296 g/mol. The molecule has 1 aliphatic heterocycles. The molecule has 0 saturated carbocycles.